The highest BCUT2D eigenvalue weighted by molar-refractivity contribution is 6.33. The van der Waals surface area contributed by atoms with Crippen LogP contribution >= 0.6 is 11.6 Å². The van der Waals surface area contributed by atoms with Crippen LogP contribution in [0, 0.1) is 11.6 Å². The monoisotopic (exact) mass is 287 g/mol. The normalized spacial score (nSPS) is 25.1. The molecule has 0 bridgehead atoms. The van der Waals surface area contributed by atoms with E-state index in [0.717, 1.165) is 37.8 Å². The molecule has 2 aliphatic rings. The van der Waals surface area contributed by atoms with Crippen LogP contribution in [0.3, 0.4) is 0 Å². The summed E-state index contributed by atoms with van der Waals surface area (Å²) in [5.41, 5.74) is 0.184. The van der Waals surface area contributed by atoms with Crippen molar-refractivity contribution < 1.29 is 13.5 Å². The van der Waals surface area contributed by atoms with Gasteiger partial charge in [-0.1, -0.05) is 11.6 Å². The van der Waals surface area contributed by atoms with Gasteiger partial charge in [0, 0.05) is 18.7 Å². The van der Waals surface area contributed by atoms with E-state index in [2.05, 4.69) is 5.32 Å². The van der Waals surface area contributed by atoms with Crippen molar-refractivity contribution in [3.05, 3.63) is 28.8 Å². The molecule has 0 radical (unpaired) electrons. The van der Waals surface area contributed by atoms with Gasteiger partial charge in [-0.05, 0) is 38.2 Å². The van der Waals surface area contributed by atoms with E-state index >= 15 is 0 Å². The minimum Gasteiger partial charge on any atom is -0.379 e. The molecule has 0 aromatic heterocycles. The summed E-state index contributed by atoms with van der Waals surface area (Å²) in [7, 11) is 0. The molecular weight excluding hydrogens is 272 g/mol. The molecule has 5 heteroatoms. The third-order valence-electron chi connectivity index (χ3n) is 4.11. The zero-order chi connectivity index (χ0) is 13.5. The van der Waals surface area contributed by atoms with Gasteiger partial charge in [0.15, 0.2) is 5.82 Å². The Balaban J connectivity index is 1.74. The highest BCUT2D eigenvalue weighted by atomic mass is 35.5. The lowest BCUT2D eigenvalue weighted by molar-refractivity contribution is -0.130. The minimum atomic E-state index is -0.657. The summed E-state index contributed by atoms with van der Waals surface area (Å²) in [6.07, 6.45) is 5.02. The second-order valence-electron chi connectivity index (χ2n) is 5.46. The molecule has 1 heterocycles. The lowest BCUT2D eigenvalue weighted by Gasteiger charge is -2.47. The summed E-state index contributed by atoms with van der Waals surface area (Å²) in [6.45, 7) is 0.679. The SMILES string of the molecule is Fc1cc(F)c(NC2CCOC3(CCC3)C2)c(Cl)c1. The molecular formula is C14H16ClF2NO. The second kappa shape index (κ2) is 4.91. The number of halogens is 3. The highest BCUT2D eigenvalue weighted by Gasteiger charge is 2.42. The molecule has 1 aromatic rings. The molecule has 3 rings (SSSR count). The molecule has 1 aliphatic heterocycles. The predicted octanol–water partition coefficient (Wildman–Crippen LogP) is 4.13. The zero-order valence-electron chi connectivity index (χ0n) is 10.5. The van der Waals surface area contributed by atoms with E-state index in [9.17, 15) is 8.78 Å². The molecule has 1 spiro atoms. The van der Waals surface area contributed by atoms with E-state index in [1.165, 1.54) is 6.42 Å². The fourth-order valence-electron chi connectivity index (χ4n) is 2.95. The van der Waals surface area contributed by atoms with Gasteiger partial charge in [0.05, 0.1) is 16.3 Å². The first-order chi connectivity index (χ1) is 9.08. The smallest absolute Gasteiger partial charge is 0.150 e. The second-order valence-corrected chi connectivity index (χ2v) is 5.87. The number of hydrogen-bond donors (Lipinski definition) is 1. The zero-order valence-corrected chi connectivity index (χ0v) is 11.3. The molecule has 1 aliphatic carbocycles. The van der Waals surface area contributed by atoms with Crippen molar-refractivity contribution in [1.82, 2.24) is 0 Å². The fraction of sp³-hybridized carbons (Fsp3) is 0.571. The van der Waals surface area contributed by atoms with Gasteiger partial charge in [0.1, 0.15) is 5.82 Å². The van der Waals surface area contributed by atoms with Crippen molar-refractivity contribution >= 4 is 17.3 Å². The molecule has 2 fully saturated rings. The Kier molecular flexibility index (Phi) is 3.39. The van der Waals surface area contributed by atoms with Gasteiger partial charge in [-0.25, -0.2) is 8.78 Å². The summed E-state index contributed by atoms with van der Waals surface area (Å²) < 4.78 is 32.6. The van der Waals surface area contributed by atoms with E-state index in [0.29, 0.717) is 6.61 Å². The summed E-state index contributed by atoms with van der Waals surface area (Å²) >= 11 is 5.90. The molecule has 1 N–H and O–H groups in total. The maximum absolute atomic E-state index is 13.7. The van der Waals surface area contributed by atoms with Crippen LogP contribution in [0.5, 0.6) is 0 Å². The first kappa shape index (κ1) is 13.1. The van der Waals surface area contributed by atoms with E-state index < -0.39 is 11.6 Å². The van der Waals surface area contributed by atoms with Gasteiger partial charge >= 0.3 is 0 Å². The molecule has 1 aromatic carbocycles. The molecule has 0 amide bonds. The van der Waals surface area contributed by atoms with Crippen molar-refractivity contribution in [2.45, 2.75) is 43.7 Å². The average Bonchev–Trinajstić information content (AvgIpc) is 2.32. The van der Waals surface area contributed by atoms with Gasteiger partial charge in [-0.2, -0.15) is 0 Å². The van der Waals surface area contributed by atoms with E-state index in [1.807, 2.05) is 0 Å². The summed E-state index contributed by atoms with van der Waals surface area (Å²) in [5.74, 6) is -1.30. The molecule has 1 unspecified atom stereocenters. The number of ether oxygens (including phenoxy) is 1. The maximum Gasteiger partial charge on any atom is 0.150 e. The highest BCUT2D eigenvalue weighted by Crippen LogP contribution is 2.43. The van der Waals surface area contributed by atoms with Gasteiger partial charge in [0.2, 0.25) is 0 Å². The number of anilines is 1. The quantitative estimate of drug-likeness (QED) is 0.883. The largest absolute Gasteiger partial charge is 0.379 e. The van der Waals surface area contributed by atoms with E-state index in [-0.39, 0.29) is 22.4 Å². The third-order valence-corrected chi connectivity index (χ3v) is 4.41. The lowest BCUT2D eigenvalue weighted by atomic mass is 9.74. The van der Waals surface area contributed by atoms with E-state index in [4.69, 9.17) is 16.3 Å². The van der Waals surface area contributed by atoms with Gasteiger partial charge in [-0.15, -0.1) is 0 Å². The van der Waals surface area contributed by atoms with Crippen LogP contribution in [-0.4, -0.2) is 18.2 Å². The van der Waals surface area contributed by atoms with E-state index in [1.54, 1.807) is 0 Å². The van der Waals surface area contributed by atoms with Crippen molar-refractivity contribution in [2.75, 3.05) is 11.9 Å². The molecule has 1 atom stereocenters. The van der Waals surface area contributed by atoms with Crippen LogP contribution in [0.1, 0.15) is 32.1 Å². The number of benzene rings is 1. The Labute approximate surface area is 116 Å². The van der Waals surface area contributed by atoms with Gasteiger partial charge < -0.3 is 10.1 Å². The topological polar surface area (TPSA) is 21.3 Å². The Morgan fingerprint density at radius 1 is 1.32 bits per heavy atom. The van der Waals surface area contributed by atoms with Crippen LogP contribution in [0.2, 0.25) is 5.02 Å². The average molecular weight is 288 g/mol. The van der Waals surface area contributed by atoms with Crippen molar-refractivity contribution in [1.29, 1.82) is 0 Å². The number of hydrogen-bond acceptors (Lipinski definition) is 2. The number of rotatable bonds is 2. The summed E-state index contributed by atoms with van der Waals surface area (Å²) in [4.78, 5) is 0. The van der Waals surface area contributed by atoms with Crippen LogP contribution in [0.4, 0.5) is 14.5 Å². The van der Waals surface area contributed by atoms with Crippen molar-refractivity contribution in [3.8, 4) is 0 Å². The lowest BCUT2D eigenvalue weighted by Crippen LogP contribution is -2.49. The van der Waals surface area contributed by atoms with Crippen LogP contribution in [0.25, 0.3) is 0 Å². The first-order valence-electron chi connectivity index (χ1n) is 6.63. The van der Waals surface area contributed by atoms with Crippen LogP contribution < -0.4 is 5.32 Å². The Hall–Kier alpha value is -0.870. The Morgan fingerprint density at radius 2 is 2.11 bits per heavy atom. The van der Waals surface area contributed by atoms with Crippen LogP contribution in [0.15, 0.2) is 12.1 Å². The summed E-state index contributed by atoms with van der Waals surface area (Å²) in [6, 6.07) is 2.12. The van der Waals surface area contributed by atoms with Crippen molar-refractivity contribution in [2.24, 2.45) is 0 Å². The number of nitrogens with one attached hydrogen (secondary N) is 1. The Bertz CT molecular complexity index is 467. The third kappa shape index (κ3) is 2.56. The Morgan fingerprint density at radius 3 is 2.74 bits per heavy atom. The molecule has 2 nitrogen and oxygen atoms in total. The van der Waals surface area contributed by atoms with Crippen LogP contribution in [-0.2, 0) is 4.74 Å². The van der Waals surface area contributed by atoms with Gasteiger partial charge in [-0.3, -0.25) is 0 Å². The molecule has 104 valence electrons. The predicted molar refractivity (Wildman–Crippen MR) is 70.5 cm³/mol. The minimum absolute atomic E-state index is 0.0150. The fourth-order valence-corrected chi connectivity index (χ4v) is 3.20. The standard InChI is InChI=1S/C14H16ClF2NO/c15-11-6-9(16)7-12(17)13(11)18-10-2-5-19-14(8-10)3-1-4-14/h6-7,10,18H,1-5,8H2. The first-order valence-corrected chi connectivity index (χ1v) is 7.01. The summed E-state index contributed by atoms with van der Waals surface area (Å²) in [5, 5.41) is 3.20. The molecule has 19 heavy (non-hydrogen) atoms. The molecule has 1 saturated carbocycles. The maximum atomic E-state index is 13.7. The molecule has 1 saturated heterocycles. The van der Waals surface area contributed by atoms with Gasteiger partial charge in [0.25, 0.3) is 0 Å². The van der Waals surface area contributed by atoms with Crippen molar-refractivity contribution in [3.63, 3.8) is 0 Å².